The van der Waals surface area contributed by atoms with Gasteiger partial charge in [-0.25, -0.2) is 14.8 Å². The van der Waals surface area contributed by atoms with Crippen LogP contribution >= 0.6 is 11.8 Å². The lowest BCUT2D eigenvalue weighted by molar-refractivity contribution is 0.0482. The molecule has 0 radical (unpaired) electrons. The van der Waals surface area contributed by atoms with E-state index < -0.39 is 5.60 Å². The van der Waals surface area contributed by atoms with E-state index in [9.17, 15) is 4.79 Å². The number of nitrogens with zero attached hydrogens (tertiary/aromatic N) is 2. The number of amides is 1. The van der Waals surface area contributed by atoms with Crippen LogP contribution in [0.1, 0.15) is 33.6 Å². The molecule has 1 heterocycles. The van der Waals surface area contributed by atoms with Gasteiger partial charge >= 0.3 is 6.09 Å². The minimum Gasteiger partial charge on any atom is -0.444 e. The topological polar surface area (TPSA) is 64.1 Å². The molecule has 0 bridgehead atoms. The summed E-state index contributed by atoms with van der Waals surface area (Å²) in [6.07, 6.45) is 5.01. The summed E-state index contributed by atoms with van der Waals surface area (Å²) in [5.41, 5.74) is -0.445. The van der Waals surface area contributed by atoms with Gasteiger partial charge in [-0.1, -0.05) is 11.8 Å². The Hall–Kier alpha value is -1.30. The Labute approximate surface area is 117 Å². The molecule has 0 atom stereocenters. The van der Waals surface area contributed by atoms with Crippen LogP contribution in [0, 0.1) is 0 Å². The molecular formula is C13H19N3O2S. The Morgan fingerprint density at radius 1 is 1.37 bits per heavy atom. The van der Waals surface area contributed by atoms with Crippen molar-refractivity contribution in [3.8, 4) is 0 Å². The molecule has 0 saturated heterocycles. The van der Waals surface area contributed by atoms with Crippen LogP contribution in [0.3, 0.4) is 0 Å². The van der Waals surface area contributed by atoms with E-state index in [1.165, 1.54) is 0 Å². The maximum atomic E-state index is 11.6. The molecule has 6 heteroatoms. The zero-order valence-corrected chi connectivity index (χ0v) is 12.2. The van der Waals surface area contributed by atoms with E-state index in [-0.39, 0.29) is 12.1 Å². The van der Waals surface area contributed by atoms with Gasteiger partial charge in [0.1, 0.15) is 5.60 Å². The summed E-state index contributed by atoms with van der Waals surface area (Å²) in [7, 11) is 0. The Morgan fingerprint density at radius 3 is 2.58 bits per heavy atom. The minimum absolute atomic E-state index is 0.205. The van der Waals surface area contributed by atoms with Crippen molar-refractivity contribution >= 4 is 17.9 Å². The second-order valence-corrected chi connectivity index (χ2v) is 6.85. The van der Waals surface area contributed by atoms with Crippen LogP contribution in [-0.2, 0) is 4.74 Å². The predicted molar refractivity (Wildman–Crippen MR) is 74.1 cm³/mol. The third-order valence-electron chi connectivity index (χ3n) is 2.63. The number of nitrogens with one attached hydrogen (secondary N) is 1. The van der Waals surface area contributed by atoms with Gasteiger partial charge < -0.3 is 10.1 Å². The van der Waals surface area contributed by atoms with Gasteiger partial charge in [0, 0.05) is 23.7 Å². The van der Waals surface area contributed by atoms with E-state index in [0.29, 0.717) is 5.25 Å². The van der Waals surface area contributed by atoms with E-state index in [1.54, 1.807) is 30.2 Å². The molecule has 1 aliphatic rings. The van der Waals surface area contributed by atoms with Gasteiger partial charge in [0.15, 0.2) is 5.16 Å². The lowest BCUT2D eigenvalue weighted by Gasteiger charge is -2.35. The van der Waals surface area contributed by atoms with E-state index in [1.807, 2.05) is 20.8 Å². The van der Waals surface area contributed by atoms with Gasteiger partial charge in [0.05, 0.1) is 0 Å². The standard InChI is InChI=1S/C13H19N3O2S/c1-13(2,3)18-12(17)16-9-7-10(8-9)19-11-14-5-4-6-15-11/h4-6,9-10H,7-8H2,1-3H3,(H,16,17). The second kappa shape index (κ2) is 5.77. The molecular weight excluding hydrogens is 262 g/mol. The minimum atomic E-state index is -0.445. The largest absolute Gasteiger partial charge is 0.444 e. The van der Waals surface area contributed by atoms with Crippen LogP contribution in [0.5, 0.6) is 0 Å². The van der Waals surface area contributed by atoms with Crippen LogP contribution in [0.2, 0.25) is 0 Å². The molecule has 0 aromatic carbocycles. The molecule has 0 unspecified atom stereocenters. The van der Waals surface area contributed by atoms with Crippen LogP contribution in [0.4, 0.5) is 4.79 Å². The van der Waals surface area contributed by atoms with Gasteiger partial charge in [0.2, 0.25) is 0 Å². The van der Waals surface area contributed by atoms with Crippen molar-refractivity contribution in [1.82, 2.24) is 15.3 Å². The molecule has 1 aromatic heterocycles. The average molecular weight is 281 g/mol. The number of hydrogen-bond acceptors (Lipinski definition) is 5. The first-order valence-electron chi connectivity index (χ1n) is 6.35. The van der Waals surface area contributed by atoms with Gasteiger partial charge in [-0.05, 0) is 39.7 Å². The maximum absolute atomic E-state index is 11.6. The van der Waals surface area contributed by atoms with E-state index >= 15 is 0 Å². The smallest absolute Gasteiger partial charge is 0.407 e. The number of aromatic nitrogens is 2. The molecule has 0 aliphatic heterocycles. The number of ether oxygens (including phenoxy) is 1. The van der Waals surface area contributed by atoms with Crippen molar-refractivity contribution in [2.24, 2.45) is 0 Å². The molecule has 1 saturated carbocycles. The molecule has 1 aromatic rings. The van der Waals surface area contributed by atoms with E-state index in [2.05, 4.69) is 15.3 Å². The molecule has 1 amide bonds. The van der Waals surface area contributed by atoms with Crippen molar-refractivity contribution in [3.63, 3.8) is 0 Å². The fourth-order valence-corrected chi connectivity index (χ4v) is 2.95. The first-order chi connectivity index (χ1) is 8.92. The molecule has 1 aliphatic carbocycles. The average Bonchev–Trinajstić information content (AvgIpc) is 2.25. The summed E-state index contributed by atoms with van der Waals surface area (Å²) in [6.45, 7) is 5.58. The van der Waals surface area contributed by atoms with Gasteiger partial charge in [-0.15, -0.1) is 0 Å². The Bertz CT molecular complexity index is 427. The number of carbonyl (C=O) groups is 1. The van der Waals surface area contributed by atoms with Crippen LogP contribution in [-0.4, -0.2) is 33.0 Å². The fraction of sp³-hybridized carbons (Fsp3) is 0.615. The highest BCUT2D eigenvalue weighted by Crippen LogP contribution is 2.35. The fourth-order valence-electron chi connectivity index (χ4n) is 1.75. The molecule has 1 fully saturated rings. The molecule has 5 nitrogen and oxygen atoms in total. The zero-order valence-electron chi connectivity index (χ0n) is 11.4. The summed E-state index contributed by atoms with van der Waals surface area (Å²) in [5.74, 6) is 0. The number of alkyl carbamates (subject to hydrolysis) is 1. The van der Waals surface area contributed by atoms with Crippen LogP contribution < -0.4 is 5.32 Å². The summed E-state index contributed by atoms with van der Waals surface area (Å²) in [6, 6.07) is 2.01. The summed E-state index contributed by atoms with van der Waals surface area (Å²) in [4.78, 5) is 19.9. The van der Waals surface area contributed by atoms with Crippen molar-refractivity contribution in [2.45, 2.75) is 55.7 Å². The third kappa shape index (κ3) is 4.70. The zero-order chi connectivity index (χ0) is 13.9. The highest BCUT2D eigenvalue weighted by Gasteiger charge is 2.32. The number of rotatable bonds is 3. The van der Waals surface area contributed by atoms with Crippen molar-refractivity contribution in [3.05, 3.63) is 18.5 Å². The normalized spacial score (nSPS) is 22.5. The highest BCUT2D eigenvalue weighted by molar-refractivity contribution is 7.99. The van der Waals surface area contributed by atoms with Crippen molar-refractivity contribution < 1.29 is 9.53 Å². The summed E-state index contributed by atoms with van der Waals surface area (Å²) in [5, 5.41) is 4.14. The van der Waals surface area contributed by atoms with Crippen molar-refractivity contribution in [2.75, 3.05) is 0 Å². The second-order valence-electron chi connectivity index (χ2n) is 5.59. The molecule has 0 spiro atoms. The number of carbonyl (C=O) groups excluding carboxylic acids is 1. The van der Waals surface area contributed by atoms with Crippen molar-refractivity contribution in [1.29, 1.82) is 0 Å². The van der Waals surface area contributed by atoms with Crippen LogP contribution in [0.15, 0.2) is 23.6 Å². The Balaban J connectivity index is 1.68. The van der Waals surface area contributed by atoms with Gasteiger partial charge in [0.25, 0.3) is 0 Å². The first-order valence-corrected chi connectivity index (χ1v) is 7.23. The molecule has 104 valence electrons. The molecule has 19 heavy (non-hydrogen) atoms. The van der Waals surface area contributed by atoms with Gasteiger partial charge in [-0.3, -0.25) is 0 Å². The quantitative estimate of drug-likeness (QED) is 0.863. The highest BCUT2D eigenvalue weighted by atomic mass is 32.2. The van der Waals surface area contributed by atoms with Gasteiger partial charge in [-0.2, -0.15) is 0 Å². The SMILES string of the molecule is CC(C)(C)OC(=O)NC1CC(Sc2ncccn2)C1. The molecule has 2 rings (SSSR count). The lowest BCUT2D eigenvalue weighted by atomic mass is 9.92. The maximum Gasteiger partial charge on any atom is 0.407 e. The summed E-state index contributed by atoms with van der Waals surface area (Å²) < 4.78 is 5.22. The lowest BCUT2D eigenvalue weighted by Crippen LogP contribution is -2.47. The molecule has 1 N–H and O–H groups in total. The predicted octanol–water partition coefficient (Wildman–Crippen LogP) is 2.62. The number of hydrogen-bond donors (Lipinski definition) is 1. The van der Waals surface area contributed by atoms with Crippen LogP contribution in [0.25, 0.3) is 0 Å². The first kappa shape index (κ1) is 14.1. The Kier molecular flexibility index (Phi) is 4.29. The Morgan fingerprint density at radius 2 is 2.00 bits per heavy atom. The third-order valence-corrected chi connectivity index (χ3v) is 3.77. The summed E-state index contributed by atoms with van der Waals surface area (Å²) >= 11 is 1.66. The number of thioether (sulfide) groups is 1. The van der Waals surface area contributed by atoms with E-state index in [4.69, 9.17) is 4.74 Å². The monoisotopic (exact) mass is 281 g/mol. The van der Waals surface area contributed by atoms with E-state index in [0.717, 1.165) is 18.0 Å².